The van der Waals surface area contributed by atoms with Crippen molar-refractivity contribution in [3.63, 3.8) is 0 Å². The van der Waals surface area contributed by atoms with Gasteiger partial charge in [-0.1, -0.05) is 13.8 Å². The van der Waals surface area contributed by atoms with Gasteiger partial charge in [-0.3, -0.25) is 29.3 Å². The van der Waals surface area contributed by atoms with E-state index in [1.54, 1.807) is 30.6 Å². The third-order valence-corrected chi connectivity index (χ3v) is 5.85. The molecule has 0 fully saturated rings. The van der Waals surface area contributed by atoms with Crippen LogP contribution in [0.15, 0.2) is 33.3 Å². The second-order valence-electron chi connectivity index (χ2n) is 7.61. The summed E-state index contributed by atoms with van der Waals surface area (Å²) in [7, 11) is 0. The molecule has 4 heterocycles. The Morgan fingerprint density at radius 1 is 1.24 bits per heavy atom. The lowest BCUT2D eigenvalue weighted by Crippen LogP contribution is -2.32. The average molecular weight is 468 g/mol. The van der Waals surface area contributed by atoms with E-state index < -0.39 is 23.1 Å². The second-order valence-corrected chi connectivity index (χ2v) is 8.47. The zero-order valence-electron chi connectivity index (χ0n) is 18.1. The molecule has 0 unspecified atom stereocenters. The van der Waals surface area contributed by atoms with Crippen LogP contribution in [0.2, 0.25) is 0 Å². The maximum absolute atomic E-state index is 13.2. The van der Waals surface area contributed by atoms with Crippen molar-refractivity contribution in [1.82, 2.24) is 24.5 Å². The van der Waals surface area contributed by atoms with Crippen molar-refractivity contribution in [2.75, 3.05) is 5.32 Å². The van der Waals surface area contributed by atoms with Gasteiger partial charge in [-0.05, 0) is 25.0 Å². The third-order valence-electron chi connectivity index (χ3n) is 5.09. The molecule has 33 heavy (non-hydrogen) atoms. The highest BCUT2D eigenvalue weighted by atomic mass is 32.1. The fourth-order valence-electron chi connectivity index (χ4n) is 3.37. The number of nitrogens with zero attached hydrogens (tertiary/aromatic N) is 3. The van der Waals surface area contributed by atoms with Crippen LogP contribution in [0.1, 0.15) is 53.2 Å². The van der Waals surface area contributed by atoms with E-state index in [1.165, 1.54) is 15.9 Å². The number of nitrogens with one attached hydrogen (secondary N) is 3. The summed E-state index contributed by atoms with van der Waals surface area (Å²) in [5, 5.41) is 4.77. The Balaban J connectivity index is 1.75. The van der Waals surface area contributed by atoms with Crippen molar-refractivity contribution < 1.29 is 9.59 Å². The first-order valence-corrected chi connectivity index (χ1v) is 11.0. The van der Waals surface area contributed by atoms with Crippen LogP contribution >= 0.6 is 11.3 Å². The number of primary amides is 1. The third kappa shape index (κ3) is 4.07. The van der Waals surface area contributed by atoms with Crippen LogP contribution < -0.4 is 22.3 Å². The Bertz CT molecular complexity index is 1510. The summed E-state index contributed by atoms with van der Waals surface area (Å²) in [5.74, 6) is -1.18. The fourth-order valence-corrected chi connectivity index (χ4v) is 4.09. The number of anilines is 1. The van der Waals surface area contributed by atoms with Crippen LogP contribution in [0, 0.1) is 0 Å². The molecule has 4 aromatic heterocycles. The first kappa shape index (κ1) is 22.1. The number of thiazole rings is 1. The maximum Gasteiger partial charge on any atom is 0.329 e. The normalized spacial score (nSPS) is 11.3. The van der Waals surface area contributed by atoms with Crippen LogP contribution in [0.25, 0.3) is 22.3 Å². The minimum absolute atomic E-state index is 0.0341. The molecule has 4 aromatic rings. The van der Waals surface area contributed by atoms with Crippen molar-refractivity contribution in [3.05, 3.63) is 61.5 Å². The zero-order chi connectivity index (χ0) is 23.9. The Kier molecular flexibility index (Phi) is 5.68. The Hall–Kier alpha value is -4.06. The number of aryl methyl sites for hydroxylation is 1. The Morgan fingerprint density at radius 3 is 2.64 bits per heavy atom. The smallest absolute Gasteiger partial charge is 0.329 e. The number of aromatic amines is 2. The minimum atomic E-state index is -0.682. The van der Waals surface area contributed by atoms with E-state index in [4.69, 9.17) is 5.73 Å². The van der Waals surface area contributed by atoms with Crippen LogP contribution in [0.4, 0.5) is 5.13 Å². The zero-order valence-corrected chi connectivity index (χ0v) is 18.9. The average Bonchev–Trinajstić information content (AvgIpc) is 3.42. The second kappa shape index (κ2) is 8.47. The molecule has 5 N–H and O–H groups in total. The number of carbonyl (C=O) groups is 2. The van der Waals surface area contributed by atoms with Gasteiger partial charge in [-0.2, -0.15) is 0 Å². The molecule has 0 bridgehead atoms. The van der Waals surface area contributed by atoms with Gasteiger partial charge in [0.2, 0.25) is 0 Å². The predicted octanol–water partition coefficient (Wildman–Crippen LogP) is 2.03. The number of aromatic nitrogens is 5. The van der Waals surface area contributed by atoms with Crippen molar-refractivity contribution in [2.45, 2.75) is 33.2 Å². The molecule has 4 rings (SSSR count). The summed E-state index contributed by atoms with van der Waals surface area (Å²) in [6, 6.07) is 3.12. The summed E-state index contributed by atoms with van der Waals surface area (Å²) in [6.45, 7) is 5.84. The van der Waals surface area contributed by atoms with Gasteiger partial charge in [0, 0.05) is 29.4 Å². The van der Waals surface area contributed by atoms with Gasteiger partial charge in [0.15, 0.2) is 10.8 Å². The first-order valence-electron chi connectivity index (χ1n) is 10.1. The van der Waals surface area contributed by atoms with Crippen LogP contribution in [0.5, 0.6) is 0 Å². The SMILES string of the molecule is CCn1c(=O)[nH]c(=O)c2c(C(=O)Nc3nc(-c4c[nH]c(C(N)=O)c4)cs3)cc(C(C)C)nc21. The number of H-pyrrole nitrogens is 2. The number of fused-ring (bicyclic) bond motifs is 1. The number of amides is 2. The fraction of sp³-hybridized carbons (Fsp3) is 0.238. The highest BCUT2D eigenvalue weighted by molar-refractivity contribution is 7.14. The highest BCUT2D eigenvalue weighted by Gasteiger charge is 2.21. The Morgan fingerprint density at radius 2 is 2.00 bits per heavy atom. The lowest BCUT2D eigenvalue weighted by Gasteiger charge is -2.13. The minimum Gasteiger partial charge on any atom is -0.364 e. The summed E-state index contributed by atoms with van der Waals surface area (Å²) in [4.78, 5) is 63.3. The quantitative estimate of drug-likeness (QED) is 0.338. The molecule has 0 saturated heterocycles. The number of pyridine rings is 1. The molecule has 0 aliphatic carbocycles. The van der Waals surface area contributed by atoms with Gasteiger partial charge in [0.1, 0.15) is 5.69 Å². The van der Waals surface area contributed by atoms with E-state index in [9.17, 15) is 19.2 Å². The molecular formula is C21H21N7O4S. The summed E-state index contributed by atoms with van der Waals surface area (Å²) >= 11 is 1.19. The monoisotopic (exact) mass is 467 g/mol. The standard InChI is InChI=1S/C21H21N7O4S/c1-4-28-17-15(19(31)27-21(28)32)11(6-12(24-17)9(2)3)18(30)26-20-25-14(8-33-20)10-5-13(16(22)29)23-7-10/h5-9,23H,4H2,1-3H3,(H2,22,29)(H,25,26,30)(H,27,31,32). The molecule has 0 saturated carbocycles. The first-order chi connectivity index (χ1) is 15.7. The van der Waals surface area contributed by atoms with Gasteiger partial charge in [-0.25, -0.2) is 14.8 Å². The van der Waals surface area contributed by atoms with E-state index in [1.807, 2.05) is 13.8 Å². The molecule has 0 aromatic carbocycles. The van der Waals surface area contributed by atoms with Crippen molar-refractivity contribution in [2.24, 2.45) is 5.73 Å². The number of carbonyl (C=O) groups excluding carboxylic acids is 2. The predicted molar refractivity (Wildman–Crippen MR) is 125 cm³/mol. The molecule has 170 valence electrons. The largest absolute Gasteiger partial charge is 0.364 e. The maximum atomic E-state index is 13.2. The van der Waals surface area contributed by atoms with Gasteiger partial charge in [0.25, 0.3) is 17.4 Å². The van der Waals surface area contributed by atoms with E-state index in [0.717, 1.165) is 0 Å². The molecule has 0 radical (unpaired) electrons. The highest BCUT2D eigenvalue weighted by Crippen LogP contribution is 2.27. The number of hydrogen-bond acceptors (Lipinski definition) is 7. The summed E-state index contributed by atoms with van der Waals surface area (Å²) in [5.41, 5.74) is 6.26. The molecule has 0 spiro atoms. The van der Waals surface area contributed by atoms with Gasteiger partial charge >= 0.3 is 5.69 Å². The van der Waals surface area contributed by atoms with Crippen molar-refractivity contribution in [1.29, 1.82) is 0 Å². The van der Waals surface area contributed by atoms with E-state index >= 15 is 0 Å². The molecule has 0 atom stereocenters. The van der Waals surface area contributed by atoms with Crippen LogP contribution in [-0.2, 0) is 6.54 Å². The summed E-state index contributed by atoms with van der Waals surface area (Å²) < 4.78 is 1.32. The van der Waals surface area contributed by atoms with Gasteiger partial charge in [0.05, 0.1) is 16.6 Å². The van der Waals surface area contributed by atoms with Crippen molar-refractivity contribution >= 4 is 39.3 Å². The lowest BCUT2D eigenvalue weighted by atomic mass is 10.0. The summed E-state index contributed by atoms with van der Waals surface area (Å²) in [6.07, 6.45) is 1.59. The van der Waals surface area contributed by atoms with Crippen LogP contribution in [0.3, 0.4) is 0 Å². The molecular weight excluding hydrogens is 446 g/mol. The number of nitrogens with two attached hydrogens (primary N) is 1. The van der Waals surface area contributed by atoms with E-state index in [2.05, 4.69) is 25.3 Å². The van der Waals surface area contributed by atoms with Gasteiger partial charge < -0.3 is 10.7 Å². The molecule has 0 aliphatic rings. The molecule has 0 aliphatic heterocycles. The molecule has 12 heteroatoms. The molecule has 11 nitrogen and oxygen atoms in total. The Labute approximate surface area is 190 Å². The van der Waals surface area contributed by atoms with Crippen molar-refractivity contribution in [3.8, 4) is 11.3 Å². The number of rotatable bonds is 6. The van der Waals surface area contributed by atoms with Gasteiger partial charge in [-0.15, -0.1) is 11.3 Å². The topological polar surface area (TPSA) is 169 Å². The molecule has 2 amide bonds. The lowest BCUT2D eigenvalue weighted by molar-refractivity contribution is 0.0994. The number of hydrogen-bond donors (Lipinski definition) is 4. The van der Waals surface area contributed by atoms with E-state index in [0.29, 0.717) is 22.1 Å². The van der Waals surface area contributed by atoms with Crippen LogP contribution in [-0.4, -0.2) is 36.3 Å². The van der Waals surface area contributed by atoms with E-state index in [-0.39, 0.29) is 34.8 Å².